The second-order valence-electron chi connectivity index (χ2n) is 8.35. The summed E-state index contributed by atoms with van der Waals surface area (Å²) in [5.41, 5.74) is 3.24. The summed E-state index contributed by atoms with van der Waals surface area (Å²) in [4.78, 5) is 30.9. The van der Waals surface area contributed by atoms with Crippen molar-refractivity contribution in [3.8, 4) is 11.3 Å². The molecule has 0 spiro atoms. The van der Waals surface area contributed by atoms with Gasteiger partial charge < -0.3 is 14.7 Å². The first-order valence-electron chi connectivity index (χ1n) is 11.4. The second kappa shape index (κ2) is 10.8. The normalized spacial score (nSPS) is 13.2. The number of esters is 1. The van der Waals surface area contributed by atoms with Gasteiger partial charge in [0.05, 0.1) is 23.4 Å². The molecule has 4 aromatic rings. The molecule has 7 nitrogen and oxygen atoms in total. The molecule has 0 atom stereocenters. The van der Waals surface area contributed by atoms with Gasteiger partial charge in [0, 0.05) is 32.2 Å². The molecule has 0 aliphatic carbocycles. The first kappa shape index (κ1) is 25.7. The molecular formula is C28H19Cl2N3O4S. The molecule has 10 heteroatoms. The fraction of sp³-hybridized carbons (Fsp3) is 0.0714. The highest BCUT2D eigenvalue weighted by atomic mass is 35.5. The Morgan fingerprint density at radius 1 is 0.947 bits per heavy atom. The van der Waals surface area contributed by atoms with Crippen molar-refractivity contribution < 1.29 is 19.4 Å². The van der Waals surface area contributed by atoms with Crippen molar-refractivity contribution in [1.82, 2.24) is 4.98 Å². The number of carbonyl (C=O) groups excluding carboxylic acids is 2. The van der Waals surface area contributed by atoms with Gasteiger partial charge in [0.1, 0.15) is 16.6 Å². The Bertz CT molecular complexity index is 1560. The van der Waals surface area contributed by atoms with Crippen LogP contribution in [0.1, 0.15) is 25.7 Å². The van der Waals surface area contributed by atoms with Crippen LogP contribution in [0.2, 0.25) is 10.0 Å². The number of aliphatic hydroxyl groups is 1. The number of benzene rings is 3. The van der Waals surface area contributed by atoms with E-state index in [1.165, 1.54) is 11.3 Å². The van der Waals surface area contributed by atoms with E-state index in [2.05, 4.69) is 4.98 Å². The van der Waals surface area contributed by atoms with E-state index in [1.807, 2.05) is 17.5 Å². The van der Waals surface area contributed by atoms with Crippen LogP contribution in [0.5, 0.6) is 0 Å². The average Bonchev–Trinajstić information content (AvgIpc) is 3.51. The van der Waals surface area contributed by atoms with E-state index in [0.717, 1.165) is 11.3 Å². The van der Waals surface area contributed by atoms with Crippen LogP contribution in [0, 0.1) is 5.41 Å². The molecule has 0 saturated carbocycles. The maximum absolute atomic E-state index is 12.4. The van der Waals surface area contributed by atoms with Gasteiger partial charge in [-0.1, -0.05) is 35.3 Å². The lowest BCUT2D eigenvalue weighted by atomic mass is 10.1. The number of rotatable bonds is 7. The molecule has 0 unspecified atom stereocenters. The Balaban J connectivity index is 1.24. The predicted molar refractivity (Wildman–Crippen MR) is 150 cm³/mol. The summed E-state index contributed by atoms with van der Waals surface area (Å²) >= 11 is 13.1. The minimum atomic E-state index is -0.644. The molecule has 0 bridgehead atoms. The average molecular weight is 564 g/mol. The van der Waals surface area contributed by atoms with Crippen LogP contribution in [-0.4, -0.2) is 40.8 Å². The Kier molecular flexibility index (Phi) is 7.28. The lowest BCUT2D eigenvalue weighted by Crippen LogP contribution is -2.26. The molecule has 2 N–H and O–H groups in total. The van der Waals surface area contributed by atoms with Crippen LogP contribution in [0.4, 0.5) is 5.69 Å². The molecular weight excluding hydrogens is 545 g/mol. The van der Waals surface area contributed by atoms with E-state index in [1.54, 1.807) is 65.6 Å². The quantitative estimate of drug-likeness (QED) is 0.187. The molecule has 38 heavy (non-hydrogen) atoms. The van der Waals surface area contributed by atoms with Gasteiger partial charge in [-0.25, -0.2) is 9.78 Å². The zero-order chi connectivity index (χ0) is 26.8. The SMILES string of the molecule is N=C1C(c2nc(-c3ccc(Cl)cc3)cs2)=C(O)CN1c1ccc(C(=O)OCC(=O)c2ccc(Cl)cc2)cc1. The zero-order valence-corrected chi connectivity index (χ0v) is 22.0. The highest BCUT2D eigenvalue weighted by molar-refractivity contribution is 7.11. The number of aliphatic hydroxyl groups excluding tert-OH is 1. The van der Waals surface area contributed by atoms with E-state index >= 15 is 0 Å². The van der Waals surface area contributed by atoms with Gasteiger partial charge in [-0.15, -0.1) is 11.3 Å². The molecule has 0 amide bonds. The monoisotopic (exact) mass is 563 g/mol. The van der Waals surface area contributed by atoms with E-state index in [0.29, 0.717) is 31.9 Å². The van der Waals surface area contributed by atoms with Gasteiger partial charge in [0.15, 0.2) is 12.4 Å². The topological polar surface area (TPSA) is 104 Å². The van der Waals surface area contributed by atoms with Gasteiger partial charge in [-0.05, 0) is 60.7 Å². The summed E-state index contributed by atoms with van der Waals surface area (Å²) in [6.07, 6.45) is 0. The van der Waals surface area contributed by atoms with Crippen LogP contribution >= 0.6 is 34.5 Å². The van der Waals surface area contributed by atoms with Crippen molar-refractivity contribution in [1.29, 1.82) is 5.41 Å². The largest absolute Gasteiger partial charge is 0.510 e. The van der Waals surface area contributed by atoms with Crippen molar-refractivity contribution in [2.75, 3.05) is 18.1 Å². The summed E-state index contributed by atoms with van der Waals surface area (Å²) in [6, 6.07) is 20.0. The lowest BCUT2D eigenvalue weighted by molar-refractivity contribution is 0.0475. The van der Waals surface area contributed by atoms with Crippen LogP contribution in [0.25, 0.3) is 16.8 Å². The number of aromatic nitrogens is 1. The maximum Gasteiger partial charge on any atom is 0.338 e. The van der Waals surface area contributed by atoms with E-state index < -0.39 is 12.6 Å². The molecule has 1 aromatic heterocycles. The zero-order valence-electron chi connectivity index (χ0n) is 19.7. The number of nitrogens with zero attached hydrogens (tertiary/aromatic N) is 2. The number of carbonyl (C=O) groups is 2. The van der Waals surface area contributed by atoms with Crippen molar-refractivity contribution in [3.63, 3.8) is 0 Å². The van der Waals surface area contributed by atoms with Crippen LogP contribution in [-0.2, 0) is 4.74 Å². The summed E-state index contributed by atoms with van der Waals surface area (Å²) in [6.45, 7) is -0.296. The molecule has 2 heterocycles. The molecule has 0 saturated heterocycles. The minimum Gasteiger partial charge on any atom is -0.510 e. The van der Waals surface area contributed by atoms with Gasteiger partial charge >= 0.3 is 5.97 Å². The number of nitrogens with one attached hydrogen (secondary N) is 1. The number of ketones is 1. The maximum atomic E-state index is 12.4. The first-order valence-corrected chi connectivity index (χ1v) is 13.0. The first-order chi connectivity index (χ1) is 18.3. The highest BCUT2D eigenvalue weighted by Crippen LogP contribution is 2.34. The van der Waals surface area contributed by atoms with Crippen LogP contribution < -0.4 is 4.90 Å². The van der Waals surface area contributed by atoms with Crippen molar-refractivity contribution >= 4 is 63.4 Å². The Morgan fingerprint density at radius 2 is 1.55 bits per heavy atom. The summed E-state index contributed by atoms with van der Waals surface area (Å²) in [5.74, 6) is -0.846. The Hall–Kier alpha value is -3.98. The number of anilines is 1. The van der Waals surface area contributed by atoms with Crippen LogP contribution in [0.3, 0.4) is 0 Å². The smallest absolute Gasteiger partial charge is 0.338 e. The molecule has 0 fully saturated rings. The highest BCUT2D eigenvalue weighted by Gasteiger charge is 2.31. The number of ether oxygens (including phenoxy) is 1. The number of hydrogen-bond donors (Lipinski definition) is 2. The molecule has 3 aromatic carbocycles. The molecule has 0 radical (unpaired) electrons. The standard InChI is InChI=1S/C28H19Cl2N3O4S/c29-19-7-1-16(2-8-19)22-15-38-27(32-22)25-23(34)13-33(26(25)31)21-11-5-18(6-12-21)28(36)37-14-24(35)17-3-9-20(30)10-4-17/h1-12,15,31,34H,13-14H2. The van der Waals surface area contributed by atoms with Gasteiger partial charge in [-0.2, -0.15) is 0 Å². The summed E-state index contributed by atoms with van der Waals surface area (Å²) in [5, 5.41) is 22.9. The Morgan fingerprint density at radius 3 is 2.21 bits per heavy atom. The molecule has 190 valence electrons. The summed E-state index contributed by atoms with van der Waals surface area (Å²) in [7, 11) is 0. The van der Waals surface area contributed by atoms with E-state index in [4.69, 9.17) is 33.3 Å². The predicted octanol–water partition coefficient (Wildman–Crippen LogP) is 6.92. The number of Topliss-reactive ketones (excluding diaryl/α,β-unsaturated/α-hetero) is 1. The second-order valence-corrected chi connectivity index (χ2v) is 10.1. The van der Waals surface area contributed by atoms with E-state index in [-0.39, 0.29) is 29.5 Å². The lowest BCUT2D eigenvalue weighted by Gasteiger charge is -2.18. The van der Waals surface area contributed by atoms with Crippen molar-refractivity contribution in [3.05, 3.63) is 110 Å². The van der Waals surface area contributed by atoms with Crippen molar-refractivity contribution in [2.45, 2.75) is 0 Å². The summed E-state index contributed by atoms with van der Waals surface area (Å²) < 4.78 is 5.16. The third-order valence-electron chi connectivity index (χ3n) is 5.88. The number of halogens is 2. The van der Waals surface area contributed by atoms with E-state index in [9.17, 15) is 14.7 Å². The third-order valence-corrected chi connectivity index (χ3v) is 7.24. The van der Waals surface area contributed by atoms with Gasteiger partial charge in [-0.3, -0.25) is 10.2 Å². The molecule has 1 aliphatic rings. The number of thiazole rings is 1. The number of amidine groups is 1. The Labute approximate surface area is 232 Å². The third kappa shape index (κ3) is 5.33. The van der Waals surface area contributed by atoms with Gasteiger partial charge in [0.25, 0.3) is 0 Å². The van der Waals surface area contributed by atoms with Crippen molar-refractivity contribution in [2.24, 2.45) is 0 Å². The minimum absolute atomic E-state index is 0.0382. The molecule has 5 rings (SSSR count). The van der Waals surface area contributed by atoms with Crippen LogP contribution in [0.15, 0.2) is 83.9 Å². The fourth-order valence-electron chi connectivity index (χ4n) is 3.88. The fourth-order valence-corrected chi connectivity index (χ4v) is 5.02. The van der Waals surface area contributed by atoms with Gasteiger partial charge in [0.2, 0.25) is 0 Å². The molecule has 1 aliphatic heterocycles. The number of hydrogen-bond acceptors (Lipinski definition) is 7.